The van der Waals surface area contributed by atoms with E-state index in [2.05, 4.69) is 43.6 Å². The van der Waals surface area contributed by atoms with E-state index in [1.165, 1.54) is 22.7 Å². The number of thiophene rings is 1. The van der Waals surface area contributed by atoms with Gasteiger partial charge in [0.2, 0.25) is 0 Å². The molecule has 0 saturated heterocycles. The first-order chi connectivity index (χ1) is 10.7. The predicted octanol–water partition coefficient (Wildman–Crippen LogP) is 4.78. The molecule has 2 aromatic heterocycles. The van der Waals surface area contributed by atoms with Crippen molar-refractivity contribution >= 4 is 39.0 Å². The lowest BCUT2D eigenvalue weighted by Crippen LogP contribution is -2.01. The van der Waals surface area contributed by atoms with Gasteiger partial charge >= 0.3 is 0 Å². The third-order valence-corrected chi connectivity index (χ3v) is 5.59. The van der Waals surface area contributed by atoms with Gasteiger partial charge in [0.15, 0.2) is 5.16 Å². The lowest BCUT2D eigenvalue weighted by molar-refractivity contribution is 0.615. The summed E-state index contributed by atoms with van der Waals surface area (Å²) >= 11 is 6.52. The summed E-state index contributed by atoms with van der Waals surface area (Å²) in [6.45, 7) is 0.832. The first-order valence-electron chi connectivity index (χ1n) is 6.69. The van der Waals surface area contributed by atoms with Crippen LogP contribution in [0.4, 0.5) is 4.39 Å². The molecule has 0 fully saturated rings. The molecule has 0 aliphatic heterocycles. The smallest absolute Gasteiger partial charge is 0.191 e. The van der Waals surface area contributed by atoms with Crippen LogP contribution in [-0.2, 0) is 18.7 Å². The van der Waals surface area contributed by atoms with Crippen LogP contribution in [0, 0.1) is 5.82 Å². The third kappa shape index (κ3) is 3.97. The molecule has 0 atom stereocenters. The summed E-state index contributed by atoms with van der Waals surface area (Å²) < 4.78 is 16.6. The number of hydrogen-bond donors (Lipinski definition) is 0. The van der Waals surface area contributed by atoms with Crippen molar-refractivity contribution in [1.82, 2.24) is 14.8 Å². The van der Waals surface area contributed by atoms with Gasteiger partial charge in [0, 0.05) is 21.6 Å². The second-order valence-electron chi connectivity index (χ2n) is 4.66. The minimum absolute atomic E-state index is 0.202. The quantitative estimate of drug-likeness (QED) is 0.560. The zero-order valence-electron chi connectivity index (χ0n) is 11.6. The van der Waals surface area contributed by atoms with Crippen molar-refractivity contribution in [2.75, 3.05) is 0 Å². The summed E-state index contributed by atoms with van der Waals surface area (Å²) in [4.78, 5) is 1.34. The van der Waals surface area contributed by atoms with Gasteiger partial charge in [-0.1, -0.05) is 39.8 Å². The van der Waals surface area contributed by atoms with Crippen molar-refractivity contribution in [3.05, 3.63) is 62.8 Å². The Balaban J connectivity index is 1.62. The summed E-state index contributed by atoms with van der Waals surface area (Å²) in [7, 11) is 0. The Hall–Kier alpha value is -1.18. The van der Waals surface area contributed by atoms with Gasteiger partial charge in [-0.2, -0.15) is 0 Å². The minimum Gasteiger partial charge on any atom is -0.308 e. The largest absolute Gasteiger partial charge is 0.308 e. The van der Waals surface area contributed by atoms with Crippen LogP contribution in [0.5, 0.6) is 0 Å². The molecule has 0 radical (unpaired) electrons. The summed E-state index contributed by atoms with van der Waals surface area (Å²) in [5.74, 6) is 0.336. The van der Waals surface area contributed by atoms with Gasteiger partial charge in [-0.05, 0) is 35.6 Å². The molecule has 3 rings (SSSR count). The van der Waals surface area contributed by atoms with Gasteiger partial charge in [0.1, 0.15) is 12.1 Å². The number of rotatable bonds is 6. The van der Waals surface area contributed by atoms with Crippen LogP contribution >= 0.6 is 39.0 Å². The van der Waals surface area contributed by atoms with E-state index in [9.17, 15) is 4.39 Å². The van der Waals surface area contributed by atoms with E-state index in [1.54, 1.807) is 23.7 Å². The molecule has 0 aliphatic rings. The van der Waals surface area contributed by atoms with E-state index in [1.807, 2.05) is 10.6 Å². The fourth-order valence-corrected chi connectivity index (χ4v) is 3.94. The van der Waals surface area contributed by atoms with E-state index in [-0.39, 0.29) is 5.82 Å². The minimum atomic E-state index is -0.202. The molecule has 0 bridgehead atoms. The van der Waals surface area contributed by atoms with Crippen LogP contribution < -0.4 is 0 Å². The maximum Gasteiger partial charge on any atom is 0.191 e. The van der Waals surface area contributed by atoms with Gasteiger partial charge in [-0.3, -0.25) is 0 Å². The number of aryl methyl sites for hydroxylation is 2. The predicted molar refractivity (Wildman–Crippen MR) is 91.7 cm³/mol. The van der Waals surface area contributed by atoms with E-state index >= 15 is 0 Å². The van der Waals surface area contributed by atoms with Crippen LogP contribution in [0.15, 0.2) is 51.7 Å². The number of aromatic nitrogens is 3. The molecule has 0 amide bonds. The average molecular weight is 398 g/mol. The molecule has 0 N–H and O–H groups in total. The fraction of sp³-hybridized carbons (Fsp3) is 0.200. The third-order valence-electron chi connectivity index (χ3n) is 3.13. The molecule has 3 nitrogen and oxygen atoms in total. The van der Waals surface area contributed by atoms with Gasteiger partial charge < -0.3 is 4.57 Å². The highest BCUT2D eigenvalue weighted by Crippen LogP contribution is 2.24. The Bertz CT molecular complexity index is 743. The normalized spacial score (nSPS) is 11.0. The van der Waals surface area contributed by atoms with Gasteiger partial charge in [-0.15, -0.1) is 21.5 Å². The number of hydrogen-bond acceptors (Lipinski definition) is 4. The number of halogens is 2. The summed E-state index contributed by atoms with van der Waals surface area (Å²) in [6, 6.07) is 9.30. The number of thioether (sulfide) groups is 1. The molecule has 22 heavy (non-hydrogen) atoms. The first-order valence-corrected chi connectivity index (χ1v) is 9.35. The van der Waals surface area contributed by atoms with Crippen molar-refractivity contribution in [1.29, 1.82) is 0 Å². The van der Waals surface area contributed by atoms with Crippen molar-refractivity contribution in [3.8, 4) is 0 Å². The van der Waals surface area contributed by atoms with E-state index in [0.717, 1.165) is 22.6 Å². The molecule has 1 aromatic carbocycles. The monoisotopic (exact) mass is 397 g/mol. The van der Waals surface area contributed by atoms with Crippen molar-refractivity contribution in [3.63, 3.8) is 0 Å². The highest BCUT2D eigenvalue weighted by Gasteiger charge is 2.09. The van der Waals surface area contributed by atoms with Gasteiger partial charge in [-0.25, -0.2) is 4.39 Å². The molecule has 7 heteroatoms. The van der Waals surface area contributed by atoms with Crippen LogP contribution in [-0.4, -0.2) is 14.8 Å². The lowest BCUT2D eigenvalue weighted by atomic mass is 10.2. The molecule has 2 heterocycles. The van der Waals surface area contributed by atoms with Crippen molar-refractivity contribution < 1.29 is 4.39 Å². The van der Waals surface area contributed by atoms with Crippen molar-refractivity contribution in [2.45, 2.75) is 23.9 Å². The van der Waals surface area contributed by atoms with Gasteiger partial charge in [0.05, 0.1) is 0 Å². The molecule has 114 valence electrons. The summed E-state index contributed by atoms with van der Waals surface area (Å²) in [5.41, 5.74) is 0.668. The van der Waals surface area contributed by atoms with E-state index < -0.39 is 0 Å². The van der Waals surface area contributed by atoms with Crippen LogP contribution in [0.3, 0.4) is 0 Å². The van der Waals surface area contributed by atoms with E-state index in [4.69, 9.17) is 0 Å². The van der Waals surface area contributed by atoms with Crippen LogP contribution in [0.1, 0.15) is 10.4 Å². The molecule has 0 aliphatic carbocycles. The van der Waals surface area contributed by atoms with Crippen LogP contribution in [0.2, 0.25) is 0 Å². The second kappa shape index (κ2) is 7.39. The molecule has 0 saturated carbocycles. The van der Waals surface area contributed by atoms with Gasteiger partial charge in [0.25, 0.3) is 0 Å². The highest BCUT2D eigenvalue weighted by atomic mass is 79.9. The second-order valence-corrected chi connectivity index (χ2v) is 7.55. The fourth-order valence-electron chi connectivity index (χ4n) is 1.98. The Labute approximate surface area is 144 Å². The maximum atomic E-state index is 13.8. The Morgan fingerprint density at radius 3 is 3.00 bits per heavy atom. The summed E-state index contributed by atoms with van der Waals surface area (Å²) in [6.07, 6.45) is 2.68. The first kappa shape index (κ1) is 15.7. The molecular formula is C15H13BrFN3S2. The Morgan fingerprint density at radius 2 is 2.23 bits per heavy atom. The van der Waals surface area contributed by atoms with Crippen LogP contribution in [0.25, 0.3) is 0 Å². The van der Waals surface area contributed by atoms with Crippen molar-refractivity contribution in [2.24, 2.45) is 0 Å². The topological polar surface area (TPSA) is 30.7 Å². The lowest BCUT2D eigenvalue weighted by Gasteiger charge is -2.06. The zero-order valence-corrected chi connectivity index (χ0v) is 14.8. The average Bonchev–Trinajstić information content (AvgIpc) is 3.15. The van der Waals surface area contributed by atoms with E-state index in [0.29, 0.717) is 11.3 Å². The Kier molecular flexibility index (Phi) is 5.28. The summed E-state index contributed by atoms with van der Waals surface area (Å²) in [5, 5.41) is 11.0. The molecular weight excluding hydrogens is 385 g/mol. The standard InChI is InChI=1S/C15H13BrFN3S2/c16-12-4-3-11(14(17)8-12)9-22-15-19-18-10-20(15)6-5-13-2-1-7-21-13/h1-4,7-8,10H,5-6,9H2. The number of nitrogens with zero attached hydrogens (tertiary/aromatic N) is 3. The molecule has 0 spiro atoms. The zero-order chi connectivity index (χ0) is 15.4. The molecule has 0 unspecified atom stereocenters. The maximum absolute atomic E-state index is 13.8. The number of benzene rings is 1. The Morgan fingerprint density at radius 1 is 1.32 bits per heavy atom. The highest BCUT2D eigenvalue weighted by molar-refractivity contribution is 9.10. The molecule has 3 aromatic rings. The SMILES string of the molecule is Fc1cc(Br)ccc1CSc1nncn1CCc1cccs1.